The molecule has 0 heterocycles. The second-order valence-corrected chi connectivity index (χ2v) is 5.58. The maximum atomic E-state index is 11.9. The van der Waals surface area contributed by atoms with E-state index in [9.17, 15) is 4.79 Å². The smallest absolute Gasteiger partial charge is 0.223 e. The third-order valence-corrected chi connectivity index (χ3v) is 4.39. The number of rotatable bonds is 5. The molecule has 0 aromatic carbocycles. The molecular weight excluding hydrogens is 198 g/mol. The Morgan fingerprint density at radius 2 is 1.94 bits per heavy atom. The summed E-state index contributed by atoms with van der Waals surface area (Å²) >= 11 is 0. The van der Waals surface area contributed by atoms with E-state index >= 15 is 0 Å². The molecule has 16 heavy (non-hydrogen) atoms. The highest BCUT2D eigenvalue weighted by Crippen LogP contribution is 2.32. The summed E-state index contributed by atoms with van der Waals surface area (Å²) in [5.74, 6) is 1.47. The van der Waals surface area contributed by atoms with Gasteiger partial charge in [0.05, 0.1) is 0 Å². The summed E-state index contributed by atoms with van der Waals surface area (Å²) in [5, 5.41) is 3.30. The minimum Gasteiger partial charge on any atom is -0.353 e. The molecule has 2 fully saturated rings. The van der Waals surface area contributed by atoms with Crippen LogP contribution >= 0.6 is 0 Å². The lowest BCUT2D eigenvalue weighted by Gasteiger charge is -2.28. The molecule has 0 saturated heterocycles. The van der Waals surface area contributed by atoms with Crippen LogP contribution in [0.4, 0.5) is 0 Å². The maximum Gasteiger partial charge on any atom is 0.223 e. The van der Waals surface area contributed by atoms with Gasteiger partial charge < -0.3 is 5.32 Å². The van der Waals surface area contributed by atoms with Crippen molar-refractivity contribution >= 4 is 5.91 Å². The second-order valence-electron chi connectivity index (χ2n) is 5.58. The van der Waals surface area contributed by atoms with Gasteiger partial charge in [-0.2, -0.15) is 0 Å². The van der Waals surface area contributed by atoms with Gasteiger partial charge in [-0.15, -0.1) is 0 Å². The van der Waals surface area contributed by atoms with Crippen LogP contribution in [0.2, 0.25) is 0 Å². The van der Waals surface area contributed by atoms with Crippen molar-refractivity contribution in [1.29, 1.82) is 0 Å². The fraction of sp³-hybridized carbons (Fsp3) is 0.929. The Balaban J connectivity index is 1.76. The zero-order valence-corrected chi connectivity index (χ0v) is 10.5. The van der Waals surface area contributed by atoms with Crippen molar-refractivity contribution in [2.75, 3.05) is 0 Å². The average molecular weight is 223 g/mol. The zero-order valence-electron chi connectivity index (χ0n) is 10.5. The molecule has 2 nitrogen and oxygen atoms in total. The first-order valence-corrected chi connectivity index (χ1v) is 7.11. The number of hydrogen-bond donors (Lipinski definition) is 1. The van der Waals surface area contributed by atoms with Crippen molar-refractivity contribution < 1.29 is 4.79 Å². The van der Waals surface area contributed by atoms with Gasteiger partial charge in [0.25, 0.3) is 0 Å². The summed E-state index contributed by atoms with van der Waals surface area (Å²) in [4.78, 5) is 11.9. The van der Waals surface area contributed by atoms with Gasteiger partial charge in [-0.05, 0) is 38.0 Å². The topological polar surface area (TPSA) is 29.1 Å². The van der Waals surface area contributed by atoms with Gasteiger partial charge in [0.1, 0.15) is 0 Å². The van der Waals surface area contributed by atoms with E-state index in [2.05, 4.69) is 12.2 Å². The lowest BCUT2D eigenvalue weighted by atomic mass is 9.84. The quantitative estimate of drug-likeness (QED) is 0.761. The minimum absolute atomic E-state index is 0.347. The van der Waals surface area contributed by atoms with E-state index in [0.717, 1.165) is 18.8 Å². The molecule has 1 amide bonds. The Bertz CT molecular complexity index is 235. The normalized spacial score (nSPS) is 30.1. The van der Waals surface area contributed by atoms with Crippen LogP contribution in [-0.2, 0) is 4.79 Å². The first-order chi connectivity index (χ1) is 7.81. The molecule has 2 heteroatoms. The monoisotopic (exact) mass is 223 g/mol. The Kier molecular flexibility index (Phi) is 4.25. The molecule has 0 aromatic heterocycles. The maximum absolute atomic E-state index is 11.9. The molecule has 0 radical (unpaired) electrons. The number of amides is 1. The zero-order chi connectivity index (χ0) is 11.4. The van der Waals surface area contributed by atoms with E-state index in [1.165, 1.54) is 44.9 Å². The van der Waals surface area contributed by atoms with E-state index in [4.69, 9.17) is 0 Å². The Morgan fingerprint density at radius 1 is 1.19 bits per heavy atom. The number of carbonyl (C=O) groups is 1. The van der Waals surface area contributed by atoms with Crippen LogP contribution < -0.4 is 5.32 Å². The highest BCUT2D eigenvalue weighted by atomic mass is 16.2. The Morgan fingerprint density at radius 3 is 2.56 bits per heavy atom. The summed E-state index contributed by atoms with van der Waals surface area (Å²) < 4.78 is 0. The second kappa shape index (κ2) is 5.70. The third-order valence-electron chi connectivity index (χ3n) is 4.39. The minimum atomic E-state index is 0.347. The molecule has 2 aliphatic carbocycles. The molecule has 2 aliphatic rings. The van der Waals surface area contributed by atoms with Crippen molar-refractivity contribution in [3.63, 3.8) is 0 Å². The predicted molar refractivity (Wildman–Crippen MR) is 66.1 cm³/mol. The van der Waals surface area contributed by atoms with Crippen LogP contribution in [0.15, 0.2) is 0 Å². The first kappa shape index (κ1) is 11.9. The summed E-state index contributed by atoms with van der Waals surface area (Å²) in [6, 6.07) is 0.500. The van der Waals surface area contributed by atoms with Gasteiger partial charge in [-0.25, -0.2) is 0 Å². The van der Waals surface area contributed by atoms with Gasteiger partial charge in [0, 0.05) is 12.0 Å². The Labute approximate surface area is 99.2 Å². The number of nitrogens with one attached hydrogen (secondary N) is 1. The largest absolute Gasteiger partial charge is 0.353 e. The molecule has 0 spiro atoms. The van der Waals surface area contributed by atoms with Crippen LogP contribution in [0.3, 0.4) is 0 Å². The fourth-order valence-electron chi connectivity index (χ4n) is 3.01. The van der Waals surface area contributed by atoms with Crippen molar-refractivity contribution in [2.24, 2.45) is 11.8 Å². The average Bonchev–Trinajstić information content (AvgIpc) is 2.59. The van der Waals surface area contributed by atoms with Gasteiger partial charge in [-0.3, -0.25) is 4.79 Å². The van der Waals surface area contributed by atoms with Crippen molar-refractivity contribution in [3.8, 4) is 0 Å². The highest BCUT2D eigenvalue weighted by Gasteiger charge is 2.31. The molecule has 1 N–H and O–H groups in total. The van der Waals surface area contributed by atoms with E-state index in [-0.39, 0.29) is 0 Å². The van der Waals surface area contributed by atoms with Crippen LogP contribution in [-0.4, -0.2) is 11.9 Å². The van der Waals surface area contributed by atoms with Gasteiger partial charge >= 0.3 is 0 Å². The van der Waals surface area contributed by atoms with E-state index in [0.29, 0.717) is 17.9 Å². The first-order valence-electron chi connectivity index (χ1n) is 7.11. The molecule has 2 saturated carbocycles. The molecule has 0 aliphatic heterocycles. The van der Waals surface area contributed by atoms with E-state index in [1.807, 2.05) is 0 Å². The number of unbranched alkanes of at least 4 members (excludes halogenated alkanes) is 1. The number of hydrogen-bond acceptors (Lipinski definition) is 1. The molecule has 2 atom stereocenters. The van der Waals surface area contributed by atoms with Gasteiger partial charge in [0.15, 0.2) is 0 Å². The summed E-state index contributed by atoms with van der Waals surface area (Å²) in [6.07, 6.45) is 11.3. The van der Waals surface area contributed by atoms with Crippen LogP contribution in [0.5, 0.6) is 0 Å². The predicted octanol–water partition coefficient (Wildman–Crippen LogP) is 3.26. The van der Waals surface area contributed by atoms with Crippen LogP contribution in [0, 0.1) is 11.8 Å². The summed E-state index contributed by atoms with van der Waals surface area (Å²) in [5.41, 5.74) is 0. The molecule has 2 rings (SSSR count). The Hall–Kier alpha value is -0.530. The summed E-state index contributed by atoms with van der Waals surface area (Å²) in [7, 11) is 0. The van der Waals surface area contributed by atoms with Crippen molar-refractivity contribution in [2.45, 2.75) is 70.8 Å². The lowest BCUT2D eigenvalue weighted by Crippen LogP contribution is -2.42. The highest BCUT2D eigenvalue weighted by molar-refractivity contribution is 5.79. The van der Waals surface area contributed by atoms with E-state index < -0.39 is 0 Å². The van der Waals surface area contributed by atoms with Crippen molar-refractivity contribution in [1.82, 2.24) is 5.32 Å². The van der Waals surface area contributed by atoms with Gasteiger partial charge in [0.2, 0.25) is 5.91 Å². The fourth-order valence-corrected chi connectivity index (χ4v) is 3.01. The molecule has 92 valence electrons. The summed E-state index contributed by atoms with van der Waals surface area (Å²) in [6.45, 7) is 2.25. The standard InChI is InChI=1S/C14H25NO/c1-2-3-6-11-7-5-10-13(11)15-14(16)12-8-4-9-12/h11-13H,2-10H2,1H3,(H,15,16)/t11-,13-/m1/s1. The lowest BCUT2D eigenvalue weighted by molar-refractivity contribution is -0.128. The molecule has 0 bridgehead atoms. The van der Waals surface area contributed by atoms with Crippen LogP contribution in [0.1, 0.15) is 64.7 Å². The molecular formula is C14H25NO. The number of carbonyl (C=O) groups excluding carboxylic acids is 1. The SMILES string of the molecule is CCCC[C@@H]1CCC[C@H]1NC(=O)C1CCC1. The molecule has 0 unspecified atom stereocenters. The van der Waals surface area contributed by atoms with Gasteiger partial charge in [-0.1, -0.05) is 32.6 Å². The van der Waals surface area contributed by atoms with E-state index in [1.54, 1.807) is 0 Å². The van der Waals surface area contributed by atoms with Crippen molar-refractivity contribution in [3.05, 3.63) is 0 Å². The third kappa shape index (κ3) is 2.78. The van der Waals surface area contributed by atoms with Crippen LogP contribution in [0.25, 0.3) is 0 Å². The molecule has 0 aromatic rings.